The van der Waals surface area contributed by atoms with E-state index in [2.05, 4.69) is 68.9 Å². The number of nitrogens with zero attached hydrogens (tertiary/aromatic N) is 2. The van der Waals surface area contributed by atoms with Gasteiger partial charge in [-0.3, -0.25) is 0 Å². The molecule has 1 unspecified atom stereocenters. The van der Waals surface area contributed by atoms with Gasteiger partial charge in [0, 0.05) is 18.0 Å². The zero-order valence-electron chi connectivity index (χ0n) is 13.7. The highest BCUT2D eigenvalue weighted by atomic mass is 15.4. The summed E-state index contributed by atoms with van der Waals surface area (Å²) in [6, 6.07) is 9.37. The maximum absolute atomic E-state index is 4.89. The molecule has 1 atom stereocenters. The normalized spacial score (nSPS) is 18.2. The minimum Gasteiger partial charge on any atom is -0.370 e. The highest BCUT2D eigenvalue weighted by Crippen LogP contribution is 2.33. The summed E-state index contributed by atoms with van der Waals surface area (Å²) in [4.78, 5) is 0. The quantitative estimate of drug-likeness (QED) is 0.850. The van der Waals surface area contributed by atoms with Gasteiger partial charge >= 0.3 is 0 Å². The SMILES string of the molecule is Cc1cc(C)cc(C2CCNc3cc(C(C)(C)C)nn32)c1. The van der Waals surface area contributed by atoms with Crippen LogP contribution in [0.3, 0.4) is 0 Å². The van der Waals surface area contributed by atoms with E-state index in [0.29, 0.717) is 6.04 Å². The second-order valence-electron chi connectivity index (χ2n) is 7.26. The second-order valence-corrected chi connectivity index (χ2v) is 7.26. The molecule has 1 N–H and O–H groups in total. The maximum Gasteiger partial charge on any atom is 0.125 e. The van der Waals surface area contributed by atoms with E-state index in [1.165, 1.54) is 16.7 Å². The largest absolute Gasteiger partial charge is 0.370 e. The number of benzene rings is 1. The van der Waals surface area contributed by atoms with Gasteiger partial charge in [-0.2, -0.15) is 5.10 Å². The van der Waals surface area contributed by atoms with Crippen molar-refractivity contribution in [2.75, 3.05) is 11.9 Å². The first-order valence-corrected chi connectivity index (χ1v) is 7.77. The molecule has 0 fully saturated rings. The number of hydrogen-bond acceptors (Lipinski definition) is 2. The highest BCUT2D eigenvalue weighted by Gasteiger charge is 2.26. The van der Waals surface area contributed by atoms with E-state index in [9.17, 15) is 0 Å². The predicted molar refractivity (Wildman–Crippen MR) is 88.1 cm³/mol. The monoisotopic (exact) mass is 283 g/mol. The van der Waals surface area contributed by atoms with Crippen LogP contribution < -0.4 is 5.32 Å². The summed E-state index contributed by atoms with van der Waals surface area (Å²) >= 11 is 0. The van der Waals surface area contributed by atoms with Crippen molar-refractivity contribution in [3.05, 3.63) is 46.6 Å². The van der Waals surface area contributed by atoms with Gasteiger partial charge in [-0.1, -0.05) is 50.1 Å². The van der Waals surface area contributed by atoms with E-state index in [-0.39, 0.29) is 5.41 Å². The molecule has 0 radical (unpaired) electrons. The topological polar surface area (TPSA) is 29.9 Å². The van der Waals surface area contributed by atoms with Crippen molar-refractivity contribution in [3.8, 4) is 0 Å². The number of rotatable bonds is 1. The van der Waals surface area contributed by atoms with Crippen LogP contribution in [-0.4, -0.2) is 16.3 Å². The van der Waals surface area contributed by atoms with Gasteiger partial charge in [-0.15, -0.1) is 0 Å². The third-order valence-electron chi connectivity index (χ3n) is 4.15. The number of nitrogens with one attached hydrogen (secondary N) is 1. The van der Waals surface area contributed by atoms with E-state index in [1.807, 2.05) is 0 Å². The van der Waals surface area contributed by atoms with Crippen molar-refractivity contribution in [1.29, 1.82) is 0 Å². The molecule has 0 saturated heterocycles. The van der Waals surface area contributed by atoms with Crippen molar-refractivity contribution in [3.63, 3.8) is 0 Å². The lowest BCUT2D eigenvalue weighted by Crippen LogP contribution is -2.24. The molecule has 3 heteroatoms. The Morgan fingerprint density at radius 3 is 2.38 bits per heavy atom. The molecule has 3 nitrogen and oxygen atoms in total. The zero-order valence-corrected chi connectivity index (χ0v) is 13.7. The van der Waals surface area contributed by atoms with Crippen LogP contribution in [0.25, 0.3) is 0 Å². The summed E-state index contributed by atoms with van der Waals surface area (Å²) in [6.07, 6.45) is 1.08. The molecule has 0 saturated carbocycles. The van der Waals surface area contributed by atoms with Gasteiger partial charge in [0.25, 0.3) is 0 Å². The van der Waals surface area contributed by atoms with Crippen molar-refractivity contribution in [2.24, 2.45) is 0 Å². The summed E-state index contributed by atoms with van der Waals surface area (Å²) in [5, 5.41) is 8.38. The summed E-state index contributed by atoms with van der Waals surface area (Å²) in [7, 11) is 0. The molecule has 2 heterocycles. The van der Waals surface area contributed by atoms with Gasteiger partial charge in [-0.05, 0) is 25.8 Å². The molecule has 1 aliphatic rings. The molecule has 0 spiro atoms. The minimum atomic E-state index is 0.0824. The summed E-state index contributed by atoms with van der Waals surface area (Å²) < 4.78 is 2.18. The Bertz CT molecular complexity index is 641. The second kappa shape index (κ2) is 4.90. The van der Waals surface area contributed by atoms with Crippen LogP contribution in [-0.2, 0) is 5.41 Å². The first kappa shape index (κ1) is 14.2. The Hall–Kier alpha value is -1.77. The molecule has 0 bridgehead atoms. The van der Waals surface area contributed by atoms with Crippen LogP contribution in [0, 0.1) is 13.8 Å². The summed E-state index contributed by atoms with van der Waals surface area (Å²) in [5.74, 6) is 1.15. The van der Waals surface area contributed by atoms with Gasteiger partial charge in [-0.25, -0.2) is 4.68 Å². The third-order valence-corrected chi connectivity index (χ3v) is 4.15. The van der Waals surface area contributed by atoms with Crippen LogP contribution in [0.1, 0.15) is 55.6 Å². The zero-order chi connectivity index (χ0) is 15.2. The molecule has 1 aromatic heterocycles. The molecule has 2 aromatic rings. The van der Waals surface area contributed by atoms with Crippen molar-refractivity contribution < 1.29 is 0 Å². The Morgan fingerprint density at radius 2 is 1.76 bits per heavy atom. The number of aryl methyl sites for hydroxylation is 2. The van der Waals surface area contributed by atoms with Crippen LogP contribution >= 0.6 is 0 Å². The molecular formula is C18H25N3. The predicted octanol–water partition coefficient (Wildman–Crippen LogP) is 4.20. The summed E-state index contributed by atoms with van der Waals surface area (Å²) in [5.41, 5.74) is 5.26. The Kier molecular flexibility index (Phi) is 3.31. The molecule has 112 valence electrons. The van der Waals surface area contributed by atoms with E-state index >= 15 is 0 Å². The average molecular weight is 283 g/mol. The van der Waals surface area contributed by atoms with Crippen molar-refractivity contribution in [2.45, 2.75) is 52.5 Å². The lowest BCUT2D eigenvalue weighted by molar-refractivity contribution is 0.462. The molecule has 1 aliphatic heterocycles. The van der Waals surface area contributed by atoms with E-state index in [4.69, 9.17) is 5.10 Å². The van der Waals surface area contributed by atoms with Gasteiger partial charge in [0.1, 0.15) is 5.82 Å². The molecule has 0 aliphatic carbocycles. The van der Waals surface area contributed by atoms with Gasteiger partial charge in [0.15, 0.2) is 0 Å². The number of hydrogen-bond donors (Lipinski definition) is 1. The van der Waals surface area contributed by atoms with Gasteiger partial charge in [0.05, 0.1) is 11.7 Å². The van der Waals surface area contributed by atoms with Gasteiger partial charge < -0.3 is 5.32 Å². The minimum absolute atomic E-state index is 0.0824. The smallest absolute Gasteiger partial charge is 0.125 e. The Balaban J connectivity index is 2.06. The van der Waals surface area contributed by atoms with E-state index in [1.54, 1.807) is 0 Å². The van der Waals surface area contributed by atoms with Gasteiger partial charge in [0.2, 0.25) is 0 Å². The van der Waals surface area contributed by atoms with Crippen LogP contribution in [0.15, 0.2) is 24.3 Å². The number of aromatic nitrogens is 2. The van der Waals surface area contributed by atoms with Crippen LogP contribution in [0.5, 0.6) is 0 Å². The Labute approximate surface area is 127 Å². The lowest BCUT2D eigenvalue weighted by atomic mass is 9.92. The van der Waals surface area contributed by atoms with Crippen LogP contribution in [0.4, 0.5) is 5.82 Å². The van der Waals surface area contributed by atoms with Crippen molar-refractivity contribution >= 4 is 5.82 Å². The third kappa shape index (κ3) is 2.69. The fraction of sp³-hybridized carbons (Fsp3) is 0.500. The molecular weight excluding hydrogens is 258 g/mol. The lowest BCUT2D eigenvalue weighted by Gasteiger charge is -2.26. The van der Waals surface area contributed by atoms with Crippen molar-refractivity contribution in [1.82, 2.24) is 9.78 Å². The fourth-order valence-corrected chi connectivity index (χ4v) is 3.10. The van der Waals surface area contributed by atoms with E-state index in [0.717, 1.165) is 24.5 Å². The number of anilines is 1. The Morgan fingerprint density at radius 1 is 1.10 bits per heavy atom. The standard InChI is InChI=1S/C18H25N3/c1-12-8-13(2)10-14(9-12)15-6-7-19-17-11-16(18(3,4)5)20-21(15)17/h8-11,15,19H,6-7H2,1-5H3. The maximum atomic E-state index is 4.89. The molecule has 0 amide bonds. The fourth-order valence-electron chi connectivity index (χ4n) is 3.10. The van der Waals surface area contributed by atoms with Crippen LogP contribution in [0.2, 0.25) is 0 Å². The molecule has 21 heavy (non-hydrogen) atoms. The molecule has 1 aromatic carbocycles. The number of fused-ring (bicyclic) bond motifs is 1. The molecule has 3 rings (SSSR count). The first-order valence-electron chi connectivity index (χ1n) is 7.77. The average Bonchev–Trinajstić information content (AvgIpc) is 2.80. The summed E-state index contributed by atoms with van der Waals surface area (Å²) in [6.45, 7) is 12.0. The van der Waals surface area contributed by atoms with E-state index < -0.39 is 0 Å². The first-order chi connectivity index (χ1) is 9.84. The highest BCUT2D eigenvalue weighted by molar-refractivity contribution is 5.43.